The van der Waals surface area contributed by atoms with Gasteiger partial charge in [-0.15, -0.1) is 0 Å². The highest BCUT2D eigenvalue weighted by Crippen LogP contribution is 2.66. The van der Waals surface area contributed by atoms with Crippen molar-refractivity contribution >= 4 is 0 Å². The van der Waals surface area contributed by atoms with Crippen molar-refractivity contribution in [3.8, 4) is 11.1 Å². The van der Waals surface area contributed by atoms with Crippen LogP contribution in [-0.4, -0.2) is 9.36 Å². The molecule has 1 fully saturated rings. The third-order valence-corrected chi connectivity index (χ3v) is 8.22. The zero-order valence-electron chi connectivity index (χ0n) is 18.1. The van der Waals surface area contributed by atoms with Gasteiger partial charge in [-0.05, 0) is 59.4 Å². The van der Waals surface area contributed by atoms with Crippen molar-refractivity contribution in [2.45, 2.75) is 58.4 Å². The van der Waals surface area contributed by atoms with Crippen LogP contribution in [-0.2, 0) is 19.0 Å². The van der Waals surface area contributed by atoms with Gasteiger partial charge in [-0.2, -0.15) is 0 Å². The van der Waals surface area contributed by atoms with E-state index in [-0.39, 0.29) is 16.4 Å². The second kappa shape index (κ2) is 5.98. The Hall–Kier alpha value is -2.55. The molecular formula is C26H30N2O. The van der Waals surface area contributed by atoms with Gasteiger partial charge < -0.3 is 0 Å². The van der Waals surface area contributed by atoms with Gasteiger partial charge in [-0.1, -0.05) is 63.2 Å². The molecule has 2 atom stereocenters. The molecule has 3 nitrogen and oxygen atoms in total. The molecule has 1 saturated carbocycles. The highest BCUT2D eigenvalue weighted by Gasteiger charge is 2.62. The average molecular weight is 387 g/mol. The molecule has 1 heterocycles. The van der Waals surface area contributed by atoms with Crippen LogP contribution in [0.25, 0.3) is 11.1 Å². The molecule has 2 aliphatic rings. The lowest BCUT2D eigenvalue weighted by molar-refractivity contribution is 0.215. The number of hydrogen-bond donors (Lipinski definition) is 0. The van der Waals surface area contributed by atoms with Crippen molar-refractivity contribution in [3.05, 3.63) is 81.3 Å². The summed E-state index contributed by atoms with van der Waals surface area (Å²) in [5.41, 5.74) is 7.74. The molecule has 0 saturated heterocycles. The molecule has 2 aromatic carbocycles. The predicted octanol–water partition coefficient (Wildman–Crippen LogP) is 5.39. The largest absolute Gasteiger partial charge is 0.289 e. The van der Waals surface area contributed by atoms with E-state index in [1.807, 2.05) is 4.68 Å². The van der Waals surface area contributed by atoms with Crippen LogP contribution in [0.1, 0.15) is 61.9 Å². The van der Waals surface area contributed by atoms with E-state index in [9.17, 15) is 4.79 Å². The normalized spacial score (nSPS) is 24.1. The molecule has 0 spiro atoms. The SMILES string of the molecule is Cc1ccccc1-c1cccc(Cn2c(=O)c3c(n2C)[C@]2(C)CC[C@H]3C2(C)C)c1. The Bertz CT molecular complexity index is 1180. The van der Waals surface area contributed by atoms with Crippen molar-refractivity contribution in [1.82, 2.24) is 9.36 Å². The average Bonchev–Trinajstić information content (AvgIpc) is 3.15. The monoisotopic (exact) mass is 386 g/mol. The standard InChI is InChI=1S/C26H30N2O/c1-17-9-6-7-12-20(17)19-11-8-10-18(15-19)16-28-24(29)22-21-13-14-26(4,25(21,2)3)23(22)27(28)5/h6-12,15,21H,13-14,16H2,1-5H3/t21-,26+/m1/s1. The first-order chi connectivity index (χ1) is 13.8. The molecule has 2 bridgehead atoms. The zero-order valence-corrected chi connectivity index (χ0v) is 18.1. The minimum Gasteiger partial charge on any atom is -0.289 e. The summed E-state index contributed by atoms with van der Waals surface area (Å²) in [7, 11) is 2.08. The van der Waals surface area contributed by atoms with Crippen LogP contribution in [0.15, 0.2) is 53.3 Å². The van der Waals surface area contributed by atoms with E-state index in [0.717, 1.165) is 12.0 Å². The third-order valence-electron chi connectivity index (χ3n) is 8.22. The molecule has 29 heavy (non-hydrogen) atoms. The fourth-order valence-electron chi connectivity index (χ4n) is 6.15. The molecule has 2 aliphatic carbocycles. The molecule has 3 aromatic rings. The van der Waals surface area contributed by atoms with E-state index in [2.05, 4.69) is 88.0 Å². The second-order valence-corrected chi connectivity index (χ2v) is 9.81. The van der Waals surface area contributed by atoms with E-state index in [1.165, 1.54) is 34.4 Å². The highest BCUT2D eigenvalue weighted by molar-refractivity contribution is 5.67. The molecule has 0 aliphatic heterocycles. The summed E-state index contributed by atoms with van der Waals surface area (Å²) in [6, 6.07) is 17.1. The molecular weight excluding hydrogens is 356 g/mol. The summed E-state index contributed by atoms with van der Waals surface area (Å²) < 4.78 is 4.12. The van der Waals surface area contributed by atoms with Crippen LogP contribution in [0.2, 0.25) is 0 Å². The number of hydrogen-bond acceptors (Lipinski definition) is 1. The van der Waals surface area contributed by atoms with Gasteiger partial charge in [0.05, 0.1) is 12.2 Å². The van der Waals surface area contributed by atoms with Crippen molar-refractivity contribution in [2.75, 3.05) is 0 Å². The van der Waals surface area contributed by atoms with Gasteiger partial charge in [0.2, 0.25) is 0 Å². The summed E-state index contributed by atoms with van der Waals surface area (Å²) in [6.45, 7) is 9.82. The Morgan fingerprint density at radius 2 is 1.83 bits per heavy atom. The fourth-order valence-corrected chi connectivity index (χ4v) is 6.15. The molecule has 3 heteroatoms. The maximum atomic E-state index is 13.5. The minimum absolute atomic E-state index is 0.0924. The van der Waals surface area contributed by atoms with Crippen molar-refractivity contribution in [2.24, 2.45) is 12.5 Å². The topological polar surface area (TPSA) is 26.9 Å². The van der Waals surface area contributed by atoms with Crippen LogP contribution in [0.5, 0.6) is 0 Å². The molecule has 1 aromatic heterocycles. The first-order valence-electron chi connectivity index (χ1n) is 10.7. The van der Waals surface area contributed by atoms with Crippen LogP contribution in [0.3, 0.4) is 0 Å². The van der Waals surface area contributed by atoms with Gasteiger partial charge >= 0.3 is 0 Å². The van der Waals surface area contributed by atoms with Gasteiger partial charge in [0, 0.05) is 18.0 Å². The van der Waals surface area contributed by atoms with Gasteiger partial charge in [0.25, 0.3) is 5.56 Å². The Kier molecular flexibility index (Phi) is 3.81. The third kappa shape index (κ3) is 2.33. The summed E-state index contributed by atoms with van der Waals surface area (Å²) in [5.74, 6) is 0.390. The van der Waals surface area contributed by atoms with E-state index in [4.69, 9.17) is 0 Å². The maximum Gasteiger partial charge on any atom is 0.270 e. The summed E-state index contributed by atoms with van der Waals surface area (Å²) >= 11 is 0. The summed E-state index contributed by atoms with van der Waals surface area (Å²) in [6.07, 6.45) is 2.32. The van der Waals surface area contributed by atoms with Crippen LogP contribution >= 0.6 is 0 Å². The van der Waals surface area contributed by atoms with Gasteiger partial charge in [0.15, 0.2) is 0 Å². The van der Waals surface area contributed by atoms with Crippen molar-refractivity contribution in [3.63, 3.8) is 0 Å². The highest BCUT2D eigenvalue weighted by atomic mass is 16.1. The van der Waals surface area contributed by atoms with E-state index >= 15 is 0 Å². The molecule has 0 N–H and O–H groups in total. The number of fused-ring (bicyclic) bond motifs is 5. The molecule has 150 valence electrons. The van der Waals surface area contributed by atoms with E-state index in [0.29, 0.717) is 12.5 Å². The summed E-state index contributed by atoms with van der Waals surface area (Å²) in [4.78, 5) is 13.5. The predicted molar refractivity (Wildman–Crippen MR) is 118 cm³/mol. The number of benzene rings is 2. The lowest BCUT2D eigenvalue weighted by Crippen LogP contribution is -2.35. The molecule has 5 rings (SSSR count). The van der Waals surface area contributed by atoms with E-state index in [1.54, 1.807) is 0 Å². The Morgan fingerprint density at radius 1 is 1.07 bits per heavy atom. The Labute approximate surface area is 173 Å². The fraction of sp³-hybridized carbons (Fsp3) is 0.423. The van der Waals surface area contributed by atoms with E-state index < -0.39 is 0 Å². The smallest absolute Gasteiger partial charge is 0.270 e. The Morgan fingerprint density at radius 3 is 2.55 bits per heavy atom. The summed E-state index contributed by atoms with van der Waals surface area (Å²) in [5, 5.41) is 0. The van der Waals surface area contributed by atoms with Crippen molar-refractivity contribution in [1.29, 1.82) is 0 Å². The second-order valence-electron chi connectivity index (χ2n) is 9.81. The lowest BCUT2D eigenvalue weighted by Gasteiger charge is -2.36. The van der Waals surface area contributed by atoms with Gasteiger partial charge in [0.1, 0.15) is 0 Å². The number of aryl methyl sites for hydroxylation is 1. The van der Waals surface area contributed by atoms with Crippen LogP contribution in [0, 0.1) is 12.3 Å². The first kappa shape index (κ1) is 18.5. The zero-order chi connectivity index (χ0) is 20.6. The first-order valence-corrected chi connectivity index (χ1v) is 10.7. The number of aromatic nitrogens is 2. The van der Waals surface area contributed by atoms with Crippen LogP contribution < -0.4 is 5.56 Å². The molecule has 0 radical (unpaired) electrons. The number of nitrogens with zero attached hydrogens (tertiary/aromatic N) is 2. The minimum atomic E-state index is 0.0924. The van der Waals surface area contributed by atoms with Crippen LogP contribution in [0.4, 0.5) is 0 Å². The maximum absolute atomic E-state index is 13.5. The van der Waals surface area contributed by atoms with Gasteiger partial charge in [-0.25, -0.2) is 4.68 Å². The molecule has 0 amide bonds. The quantitative estimate of drug-likeness (QED) is 0.593. The lowest BCUT2D eigenvalue weighted by atomic mass is 9.70. The number of rotatable bonds is 3. The van der Waals surface area contributed by atoms with Crippen molar-refractivity contribution < 1.29 is 0 Å². The van der Waals surface area contributed by atoms with Gasteiger partial charge in [-0.3, -0.25) is 9.48 Å². The molecule has 0 unspecified atom stereocenters. The Balaban J connectivity index is 1.57.